The number of benzene rings is 2. The van der Waals surface area contributed by atoms with E-state index in [1.807, 2.05) is 46.8 Å². The van der Waals surface area contributed by atoms with Crippen LogP contribution in [0.3, 0.4) is 0 Å². The van der Waals surface area contributed by atoms with Crippen molar-refractivity contribution in [3.8, 4) is 11.5 Å². The van der Waals surface area contributed by atoms with Gasteiger partial charge >= 0.3 is 25.2 Å². The molecule has 2 aromatic carbocycles. The number of hydrogen-bond acceptors (Lipinski definition) is 11. The summed E-state index contributed by atoms with van der Waals surface area (Å²) in [5, 5.41) is 10.7. The molecule has 0 bridgehead atoms. The minimum Gasteiger partial charge on any atom is -0.458 e. The molecule has 0 aromatic heterocycles. The number of carbonyl (C=O) groups is 2. The number of hydrogen-bond donors (Lipinski definition) is 1. The van der Waals surface area contributed by atoms with Gasteiger partial charge in [0.2, 0.25) is 0 Å². The maximum Gasteiger partial charge on any atom is 0.387 e. The second-order valence-corrected chi connectivity index (χ2v) is 17.8. The van der Waals surface area contributed by atoms with E-state index in [2.05, 4.69) is 22.5 Å². The lowest BCUT2D eigenvalue weighted by Crippen LogP contribution is -2.34. The van der Waals surface area contributed by atoms with Gasteiger partial charge in [-0.15, -0.1) is 0 Å². The Kier molecular flexibility index (Phi) is 16.7. The molecule has 2 aromatic rings. The molecule has 2 fully saturated rings. The Bertz CT molecular complexity index is 1930. The smallest absolute Gasteiger partial charge is 0.387 e. The number of aliphatic hydroxyl groups excluding tert-OH is 1. The van der Waals surface area contributed by atoms with Gasteiger partial charge in [-0.05, 0) is 115 Å². The summed E-state index contributed by atoms with van der Waals surface area (Å²) in [6.45, 7) is 14.2. The molecule has 2 saturated heterocycles. The molecule has 4 heterocycles. The Morgan fingerprint density at radius 3 is 1.42 bits per heavy atom. The standard InChI is InChI=1S/C25H32F2O5.C24H30F2O6/c1-14-10-11-15(2)22-20(31-25(5,6)32-22)9-7-8-18-13-19(30-24(26)27)12-16(3)21(18)23(28)29-17(14)4;1-13-9-10-18(27)21-19(31-24(4,5)32-21)8-6-7-16-12-17(30-23(25)26)11-14(2)20(16)22(28)29-15(13)3/h7-8,10-15,17,20,22,24H,9H2,1-6H3;6-7,9-13,15,18-19,21,23,27H,8H2,1-5H3/b8-7+,11-10-;7-6+,10-9-/t14-,15?,17+,20+,22-;13-,15+,18?,19+,21-/m11/s1. The number of halogens is 4. The number of aliphatic hydroxyl groups is 1. The van der Waals surface area contributed by atoms with Gasteiger partial charge in [0, 0.05) is 17.8 Å². The van der Waals surface area contributed by atoms with E-state index in [1.165, 1.54) is 24.3 Å². The van der Waals surface area contributed by atoms with Gasteiger partial charge in [0.15, 0.2) is 11.6 Å². The minimum absolute atomic E-state index is 0.00718. The SMILES string of the molecule is Cc1cc(OC(F)F)cc2c1C(=O)O[C@@H](C)[C@H](C)/C=C\C(C)[C@H]1OC(C)(C)O[C@H]1C/C=C/2.Cc1cc(OC(F)F)cc2c1C(=O)O[C@@H](C)[C@H](C)/C=C\C(O)[C@H]1OC(C)(C)O[C@H]1C/C=C/2. The maximum absolute atomic E-state index is 13.0. The van der Waals surface area contributed by atoms with Crippen LogP contribution in [-0.4, -0.2) is 84.6 Å². The molecular formula is C49H62F4O11. The minimum atomic E-state index is -2.98. The van der Waals surface area contributed by atoms with Crippen molar-refractivity contribution in [3.05, 3.63) is 94.1 Å². The first kappa shape index (κ1) is 50.5. The molecule has 10 atom stereocenters. The van der Waals surface area contributed by atoms with Crippen molar-refractivity contribution < 1.29 is 70.2 Å². The van der Waals surface area contributed by atoms with Gasteiger partial charge in [-0.25, -0.2) is 9.59 Å². The summed E-state index contributed by atoms with van der Waals surface area (Å²) < 4.78 is 95.7. The molecule has 0 radical (unpaired) electrons. The maximum atomic E-state index is 13.0. The van der Waals surface area contributed by atoms with Crippen molar-refractivity contribution in [3.63, 3.8) is 0 Å². The average Bonchev–Trinajstić information content (AvgIpc) is 3.67. The zero-order chi connectivity index (χ0) is 47.3. The molecule has 2 unspecified atom stereocenters. The molecule has 4 aliphatic rings. The molecule has 15 heteroatoms. The summed E-state index contributed by atoms with van der Waals surface area (Å²) in [7, 11) is 0. The number of fused-ring (bicyclic) bond motifs is 4. The van der Waals surface area contributed by atoms with Crippen LogP contribution in [0.1, 0.15) is 118 Å². The van der Waals surface area contributed by atoms with E-state index in [4.69, 9.17) is 28.4 Å². The predicted octanol–water partition coefficient (Wildman–Crippen LogP) is 10.5. The van der Waals surface area contributed by atoms with Crippen molar-refractivity contribution in [2.75, 3.05) is 0 Å². The number of aryl methyl sites for hydroxylation is 2. The van der Waals surface area contributed by atoms with E-state index in [1.54, 1.807) is 65.0 Å². The highest BCUT2D eigenvalue weighted by atomic mass is 19.3. The molecular weight excluding hydrogens is 841 g/mol. The van der Waals surface area contributed by atoms with Crippen LogP contribution in [0.2, 0.25) is 0 Å². The lowest BCUT2D eigenvalue weighted by molar-refractivity contribution is -0.152. The third-order valence-electron chi connectivity index (χ3n) is 11.6. The Morgan fingerprint density at radius 1 is 0.594 bits per heavy atom. The van der Waals surface area contributed by atoms with Crippen LogP contribution in [0.4, 0.5) is 17.6 Å². The first-order valence-electron chi connectivity index (χ1n) is 21.6. The molecule has 4 aliphatic heterocycles. The van der Waals surface area contributed by atoms with E-state index in [0.717, 1.165) is 0 Å². The van der Waals surface area contributed by atoms with Gasteiger partial charge in [-0.1, -0.05) is 69.4 Å². The van der Waals surface area contributed by atoms with E-state index in [-0.39, 0.29) is 53.1 Å². The summed E-state index contributed by atoms with van der Waals surface area (Å²) in [5.41, 5.74) is 2.43. The number of carbonyl (C=O) groups excluding carboxylic acids is 2. The topological polar surface area (TPSA) is 128 Å². The van der Waals surface area contributed by atoms with Crippen LogP contribution < -0.4 is 9.47 Å². The summed E-state index contributed by atoms with van der Waals surface area (Å²) in [6, 6.07) is 5.63. The normalized spacial score (nSPS) is 32.4. The third-order valence-corrected chi connectivity index (χ3v) is 11.6. The van der Waals surface area contributed by atoms with Crippen molar-refractivity contribution in [2.45, 2.75) is 157 Å². The monoisotopic (exact) mass is 902 g/mol. The quantitative estimate of drug-likeness (QED) is 0.179. The molecule has 64 heavy (non-hydrogen) atoms. The van der Waals surface area contributed by atoms with Crippen LogP contribution >= 0.6 is 0 Å². The highest BCUT2D eigenvalue weighted by Gasteiger charge is 2.44. The predicted molar refractivity (Wildman–Crippen MR) is 232 cm³/mol. The van der Waals surface area contributed by atoms with Crippen molar-refractivity contribution in [1.82, 2.24) is 0 Å². The highest BCUT2D eigenvalue weighted by molar-refractivity contribution is 5.96. The van der Waals surface area contributed by atoms with Crippen molar-refractivity contribution >= 4 is 24.1 Å². The van der Waals surface area contributed by atoms with E-state index in [0.29, 0.717) is 40.7 Å². The van der Waals surface area contributed by atoms with Crippen LogP contribution in [0, 0.1) is 31.6 Å². The van der Waals surface area contributed by atoms with E-state index >= 15 is 0 Å². The van der Waals surface area contributed by atoms with Crippen molar-refractivity contribution in [1.29, 1.82) is 0 Å². The second kappa shape index (κ2) is 21.2. The van der Waals surface area contributed by atoms with Gasteiger partial charge in [-0.3, -0.25) is 0 Å². The van der Waals surface area contributed by atoms with Crippen molar-refractivity contribution in [2.24, 2.45) is 17.8 Å². The molecule has 0 spiro atoms. The molecule has 0 aliphatic carbocycles. The van der Waals surface area contributed by atoms with Gasteiger partial charge < -0.3 is 43.0 Å². The number of rotatable bonds is 4. The Morgan fingerprint density at radius 2 is 0.984 bits per heavy atom. The fraction of sp³-hybridized carbons (Fsp3) is 0.551. The van der Waals surface area contributed by atoms with Gasteiger partial charge in [-0.2, -0.15) is 17.6 Å². The fourth-order valence-electron chi connectivity index (χ4n) is 8.05. The molecule has 0 amide bonds. The first-order valence-corrected chi connectivity index (χ1v) is 21.6. The number of alkyl halides is 4. The summed E-state index contributed by atoms with van der Waals surface area (Å²) in [5.74, 6) is -2.81. The largest absolute Gasteiger partial charge is 0.458 e. The third kappa shape index (κ3) is 13.3. The summed E-state index contributed by atoms with van der Waals surface area (Å²) in [4.78, 5) is 26.0. The van der Waals surface area contributed by atoms with Crippen LogP contribution in [0.5, 0.6) is 11.5 Å². The highest BCUT2D eigenvalue weighted by Crippen LogP contribution is 2.37. The van der Waals surface area contributed by atoms with Crippen LogP contribution in [0.15, 0.2) is 60.7 Å². The second-order valence-electron chi connectivity index (χ2n) is 17.8. The molecule has 11 nitrogen and oxygen atoms in total. The number of cyclic esters (lactones) is 2. The van der Waals surface area contributed by atoms with Crippen LogP contribution in [-0.2, 0) is 28.4 Å². The fourth-order valence-corrected chi connectivity index (χ4v) is 8.05. The first-order chi connectivity index (χ1) is 29.9. The zero-order valence-electron chi connectivity index (χ0n) is 38.3. The molecule has 352 valence electrons. The van der Waals surface area contributed by atoms with E-state index < -0.39 is 61.2 Å². The molecule has 0 saturated carbocycles. The summed E-state index contributed by atoms with van der Waals surface area (Å²) >= 11 is 0. The average molecular weight is 903 g/mol. The van der Waals surface area contributed by atoms with Gasteiger partial charge in [0.1, 0.15) is 35.9 Å². The molecule has 1 N–H and O–H groups in total. The van der Waals surface area contributed by atoms with E-state index in [9.17, 15) is 32.3 Å². The van der Waals surface area contributed by atoms with Crippen LogP contribution in [0.25, 0.3) is 12.2 Å². The Hall–Kier alpha value is -4.54. The Labute approximate surface area is 373 Å². The Balaban J connectivity index is 0.000000241. The van der Waals surface area contributed by atoms with Gasteiger partial charge in [0.05, 0.1) is 29.4 Å². The lowest BCUT2D eigenvalue weighted by Gasteiger charge is -2.23. The molecule has 6 rings (SSSR count). The number of esters is 2. The number of ether oxygens (including phenoxy) is 8. The zero-order valence-corrected chi connectivity index (χ0v) is 38.3. The van der Waals surface area contributed by atoms with Gasteiger partial charge in [0.25, 0.3) is 0 Å². The summed E-state index contributed by atoms with van der Waals surface area (Å²) in [6.07, 6.45) is 12.3. The lowest BCUT2D eigenvalue weighted by atomic mass is 9.94.